The molecular weight excluding hydrogens is 1050 g/mol. The number of ether oxygens (including phenoxy) is 1. The van der Waals surface area contributed by atoms with Crippen LogP contribution in [0.3, 0.4) is 0 Å². The lowest BCUT2D eigenvalue weighted by Crippen LogP contribution is -2.60. The Balaban J connectivity index is 1.09. The number of aromatic nitrogens is 2. The van der Waals surface area contributed by atoms with Crippen LogP contribution >= 0.6 is 11.8 Å². The fourth-order valence-corrected chi connectivity index (χ4v) is 14.0. The summed E-state index contributed by atoms with van der Waals surface area (Å²) in [4.78, 5) is 2.20. The molecule has 6 heteroatoms. The van der Waals surface area contributed by atoms with Gasteiger partial charge >= 0.3 is 0 Å². The van der Waals surface area contributed by atoms with Gasteiger partial charge in [-0.25, -0.2) is 0 Å². The molecule has 0 unspecified atom stereocenters. The van der Waals surface area contributed by atoms with E-state index in [9.17, 15) is 19.2 Å². The van der Waals surface area contributed by atoms with Crippen LogP contribution in [-0.2, 0) is 10.8 Å². The molecule has 4 nitrogen and oxygen atoms in total. The first kappa shape index (κ1) is 32.3. The van der Waals surface area contributed by atoms with Crippen LogP contribution in [0, 0.1) is 0 Å². The highest BCUT2D eigenvalue weighted by Gasteiger charge is 2.44. The largest absolute Gasteiger partial charge is 0.457 e. The van der Waals surface area contributed by atoms with E-state index in [2.05, 4.69) is 46.8 Å². The van der Waals surface area contributed by atoms with Crippen LogP contribution in [0.2, 0.25) is 0 Å². The lowest BCUT2D eigenvalue weighted by Gasteiger charge is -2.42. The smallest absolute Gasteiger partial charge is 0.249 e. The number of benzene rings is 12. The van der Waals surface area contributed by atoms with E-state index >= 15 is 0 Å². The van der Waals surface area contributed by atoms with Gasteiger partial charge in [0.15, 0.2) is 0 Å². The summed E-state index contributed by atoms with van der Waals surface area (Å²) in [5.41, 5.74) is 3.32. The van der Waals surface area contributed by atoms with E-state index < -0.39 is 184 Å². The van der Waals surface area contributed by atoms with E-state index in [0.717, 1.165) is 37.6 Å². The molecule has 3 aliphatic rings. The third-order valence-electron chi connectivity index (χ3n) is 16.9. The zero-order chi connectivity index (χ0) is 76.0. The Morgan fingerprint density at radius 1 is 0.459 bits per heavy atom. The third-order valence-corrected chi connectivity index (χ3v) is 18.0. The van der Waals surface area contributed by atoms with Gasteiger partial charge < -0.3 is 18.8 Å². The van der Waals surface area contributed by atoms with Crippen LogP contribution in [-0.4, -0.2) is 15.8 Å². The van der Waals surface area contributed by atoms with Gasteiger partial charge in [-0.05, 0) is 135 Å². The predicted molar refractivity (Wildman–Crippen MR) is 359 cm³/mol. The summed E-state index contributed by atoms with van der Waals surface area (Å²) in [6.07, 6.45) is 0. The molecule has 0 N–H and O–H groups in total. The fraction of sp³-hybridized carbons (Fsp3) is 0.0886. The van der Waals surface area contributed by atoms with Gasteiger partial charge in [0.25, 0.3) is 0 Å². The van der Waals surface area contributed by atoms with Crippen LogP contribution in [0.1, 0.15) is 81.5 Å². The zero-order valence-electron chi connectivity index (χ0n) is 68.4. The number of nitrogens with zero attached hydrogens (tertiary/aromatic N) is 3. The van der Waals surface area contributed by atoms with Crippen LogP contribution in [0.5, 0.6) is 11.5 Å². The Kier molecular flexibility index (Phi) is 7.09. The molecule has 85 heavy (non-hydrogen) atoms. The zero-order valence-corrected chi connectivity index (χ0v) is 47.2. The monoisotopic (exact) mass is 1130 g/mol. The average Bonchev–Trinajstić information content (AvgIpc) is 1.64. The molecular formula is C79H58BN3OS. The number of para-hydroxylation sites is 5. The first-order valence-corrected chi connectivity index (χ1v) is 28.7. The Morgan fingerprint density at radius 2 is 0.976 bits per heavy atom. The molecule has 0 atom stereocenters. The van der Waals surface area contributed by atoms with Crippen molar-refractivity contribution in [1.82, 2.24) is 9.13 Å². The second-order valence-electron chi connectivity index (χ2n) is 23.1. The molecule has 12 aromatic carbocycles. The average molecular weight is 1130 g/mol. The molecule has 3 aliphatic heterocycles. The van der Waals surface area contributed by atoms with Crippen LogP contribution in [0.25, 0.3) is 88.4 Å². The second kappa shape index (κ2) is 18.6. The van der Waals surface area contributed by atoms with Crippen molar-refractivity contribution < 1.29 is 34.9 Å². The summed E-state index contributed by atoms with van der Waals surface area (Å²) in [6.45, 7) is 8.93. The van der Waals surface area contributed by atoms with Crippen LogP contribution in [0.4, 0.5) is 17.1 Å². The van der Waals surface area contributed by atoms with Gasteiger partial charge in [-0.3, -0.25) is 0 Å². The van der Waals surface area contributed by atoms with E-state index in [0.29, 0.717) is 66.6 Å². The molecule has 17 rings (SSSR count). The molecule has 404 valence electrons. The number of rotatable bonds is 6. The number of hydrogen-bond acceptors (Lipinski definition) is 3. The Bertz CT molecular complexity index is 6240. The summed E-state index contributed by atoms with van der Waals surface area (Å²) in [6, 6.07) is 25.2. The molecule has 0 fully saturated rings. The number of hydrogen-bond donors (Lipinski definition) is 0. The lowest BCUT2D eigenvalue weighted by atomic mass is 9.34. The quantitative estimate of drug-likeness (QED) is 0.155. The van der Waals surface area contributed by atoms with E-state index in [4.69, 9.17) is 15.7 Å². The van der Waals surface area contributed by atoms with Crippen molar-refractivity contribution in [1.29, 1.82) is 0 Å². The summed E-state index contributed by atoms with van der Waals surface area (Å²) >= 11 is 1.02. The van der Waals surface area contributed by atoms with Gasteiger partial charge in [0.05, 0.1) is 57.9 Å². The van der Waals surface area contributed by atoms with Crippen molar-refractivity contribution in [3.63, 3.8) is 0 Å². The lowest BCUT2D eigenvalue weighted by molar-refractivity contribution is 0.418. The summed E-state index contributed by atoms with van der Waals surface area (Å²) in [5.74, 6) is 1.27. The molecule has 0 bridgehead atoms. The molecule has 14 aromatic rings. The normalized spacial score (nSPS) is 17.4. The standard InChI is InChI=1S/C79H58BN3OS/c1-78(2,3)53-45-60(49-22-8-6-9-23-49)77(61(46-53)50-24-10-7-11-25-50)83-70-47-54(81-66-31-17-12-26-56(66)57-27-13-18-32-67(57)81)37-39-64(70)80-65-40-38-55(82-68-33-19-14-28-58(68)59-29-15-20-34-69(59)82)48-74(65)85-75-44-52(43-71(83)76(75)80)51-36-41-73-63(42-51)79(4,5)62-30-16-21-35-72(62)84-73/h6-48H,1-5H3/i12D,13D,14D,15D,17D,18D,19D,20D,26D,27D,28D,29D,31D,32D,33D,34D,37D,38D,39D,40D,47D,48D. The molecule has 2 aromatic heterocycles. The molecule has 0 saturated heterocycles. The first-order chi connectivity index (χ1) is 50.7. The Hall–Kier alpha value is -9.75. The van der Waals surface area contributed by atoms with Gasteiger partial charge in [0.2, 0.25) is 6.71 Å². The minimum atomic E-state index is -1.51. The summed E-state index contributed by atoms with van der Waals surface area (Å²) in [7, 11) is 0. The first-order valence-electron chi connectivity index (χ1n) is 38.9. The van der Waals surface area contributed by atoms with Crippen molar-refractivity contribution in [3.05, 3.63) is 277 Å². The van der Waals surface area contributed by atoms with Crippen molar-refractivity contribution >= 4 is 95.5 Å². The van der Waals surface area contributed by atoms with E-state index in [-0.39, 0.29) is 43.1 Å². The molecule has 0 aliphatic carbocycles. The third kappa shape index (κ3) is 7.57. The van der Waals surface area contributed by atoms with Crippen molar-refractivity contribution in [3.8, 4) is 56.3 Å². The predicted octanol–water partition coefficient (Wildman–Crippen LogP) is 19.4. The number of fused-ring (bicyclic) bond motifs is 12. The summed E-state index contributed by atoms with van der Waals surface area (Å²) in [5, 5.41) is -1.34. The highest BCUT2D eigenvalue weighted by molar-refractivity contribution is 8.00. The number of anilines is 3. The van der Waals surface area contributed by atoms with Crippen molar-refractivity contribution in [2.75, 3.05) is 4.90 Å². The van der Waals surface area contributed by atoms with Gasteiger partial charge in [0, 0.05) is 81.8 Å². The Labute approximate surface area is 531 Å². The van der Waals surface area contributed by atoms with Gasteiger partial charge in [-0.1, -0.05) is 221 Å². The van der Waals surface area contributed by atoms with Crippen molar-refractivity contribution in [2.24, 2.45) is 0 Å². The molecule has 0 amide bonds. The topological polar surface area (TPSA) is 22.3 Å². The Morgan fingerprint density at radius 3 is 1.55 bits per heavy atom. The van der Waals surface area contributed by atoms with E-state index in [1.165, 1.54) is 0 Å². The van der Waals surface area contributed by atoms with Crippen LogP contribution < -0.4 is 26.0 Å². The molecule has 0 saturated carbocycles. The fourth-order valence-electron chi connectivity index (χ4n) is 12.8. The van der Waals surface area contributed by atoms with Crippen molar-refractivity contribution in [2.45, 2.75) is 55.2 Å². The van der Waals surface area contributed by atoms with Crippen LogP contribution in [0.15, 0.2) is 270 Å². The minimum Gasteiger partial charge on any atom is -0.457 e. The summed E-state index contributed by atoms with van der Waals surface area (Å²) < 4.78 is 222. The second-order valence-corrected chi connectivity index (χ2v) is 24.2. The van der Waals surface area contributed by atoms with Gasteiger partial charge in [-0.15, -0.1) is 0 Å². The minimum absolute atomic E-state index is 0.0466. The van der Waals surface area contributed by atoms with Gasteiger partial charge in [-0.2, -0.15) is 0 Å². The van der Waals surface area contributed by atoms with E-state index in [1.807, 2.05) is 120 Å². The van der Waals surface area contributed by atoms with Gasteiger partial charge in [0.1, 0.15) is 11.5 Å². The highest BCUT2D eigenvalue weighted by Crippen LogP contribution is 2.54. The van der Waals surface area contributed by atoms with E-state index in [1.54, 1.807) is 0 Å². The molecule has 5 heterocycles. The molecule has 0 spiro atoms. The maximum Gasteiger partial charge on any atom is 0.249 e. The maximum absolute atomic E-state index is 11.4. The SMILES string of the molecule is [2H]c1c([2H])c(-n2c3c([2H])c([2H])c([2H])c([2H])c3c3c([2H])c([2H])c([2H])c([2H])c32)c([2H])c2c1B1c3c(cc(-c4ccc5c(c4)C(C)(C)c4ccccc4O5)cc3N(c3c(-c4ccccc4)cc(C(C)(C)C)cc3-c3ccccc3)c3c([2H])c(-n4c5c([2H])c([2H])c([2H])c([2H])c5c5c([2H])c([2H])c([2H])c([2H])c54)c([2H])c([2H])c31)S2. The molecule has 0 radical (unpaired) electrons. The highest BCUT2D eigenvalue weighted by atomic mass is 32.2. The maximum atomic E-state index is 11.4.